The second kappa shape index (κ2) is 20.3. The molecule has 3 aliphatic heterocycles. The number of ether oxygens (including phenoxy) is 1. The maximum atomic E-state index is 13.9. The van der Waals surface area contributed by atoms with E-state index in [4.69, 9.17) is 9.15 Å². The van der Waals surface area contributed by atoms with Crippen molar-refractivity contribution in [2.75, 3.05) is 59.0 Å². The number of carboxylic acids is 1. The predicted octanol–water partition coefficient (Wildman–Crippen LogP) is 6.02. The number of pyridine rings is 1. The number of phenols is 1. The number of likely N-dealkylation sites (tertiary alicyclic amines) is 1. The van der Waals surface area contributed by atoms with Gasteiger partial charge in [0.05, 0.1) is 49.0 Å². The second-order valence-electron chi connectivity index (χ2n) is 17.5. The van der Waals surface area contributed by atoms with E-state index in [0.717, 1.165) is 29.0 Å². The number of nitrogens with one attached hydrogen (secondary N) is 2. The summed E-state index contributed by atoms with van der Waals surface area (Å²) in [6.45, 7) is 1.63. The Kier molecular flexibility index (Phi) is 13.6. The molecule has 0 unspecified atom stereocenters. The fourth-order valence-corrected chi connectivity index (χ4v) is 9.11. The molecular formula is C53H45F2N7O10. The zero-order chi connectivity index (χ0) is 50.7. The van der Waals surface area contributed by atoms with Crippen molar-refractivity contribution in [2.24, 2.45) is 0 Å². The van der Waals surface area contributed by atoms with Gasteiger partial charge in [-0.05, 0) is 95.9 Å². The molecule has 4 amide bonds. The number of carbonyl (C=O) groups excluding carboxylic acids is 4. The molecule has 4 N–H and O–H groups in total. The zero-order valence-corrected chi connectivity index (χ0v) is 38.4. The first-order chi connectivity index (χ1) is 34.6. The summed E-state index contributed by atoms with van der Waals surface area (Å²) < 4.78 is 39.7. The van der Waals surface area contributed by atoms with Crippen LogP contribution in [0.5, 0.6) is 11.5 Å². The lowest BCUT2D eigenvalue weighted by molar-refractivity contribution is -0.132. The molecule has 19 heteroatoms. The number of aromatic nitrogens is 1. The van der Waals surface area contributed by atoms with Crippen LogP contribution in [-0.4, -0.2) is 130 Å². The molecule has 0 spiro atoms. The molecule has 4 aromatic carbocycles. The van der Waals surface area contributed by atoms with Crippen molar-refractivity contribution in [1.29, 1.82) is 5.26 Å². The number of carboxylic acid groups (broad SMARTS) is 1. The summed E-state index contributed by atoms with van der Waals surface area (Å²) in [6.07, 6.45) is 1.44. The number of fused-ring (bicyclic) bond motifs is 3. The highest BCUT2D eigenvalue weighted by Crippen LogP contribution is 2.42. The smallest absolute Gasteiger partial charge is 0.336 e. The van der Waals surface area contributed by atoms with Gasteiger partial charge in [-0.25, -0.2) is 13.6 Å². The highest BCUT2D eigenvalue weighted by Gasteiger charge is 2.47. The van der Waals surface area contributed by atoms with E-state index in [2.05, 4.69) is 20.5 Å². The predicted molar refractivity (Wildman–Crippen MR) is 259 cm³/mol. The number of phenolic OH excluding ortho intramolecular Hbond substituents is 1. The molecule has 366 valence electrons. The standard InChI is InChI=1S/C53H45F2N7O10/c54-53(55)26-34(27-56)62(30-53)48(66)29-59-51(68)38-14-15-57-44-13-5-32(22-42(38)44)31-2-8-37(9-3-31)71-21-1-16-60-17-19-61(20-18-60)47(65)28-58-50(67)33-4-10-39(52(69)70)43(23-33)49-40-11-6-35(63)24-45(40)72-46-25-36(64)7-12-41(46)49/h2-15,22-25,34,63H,1,16-21,26,28-30H2,(H,58,67)(H,59,68)(H,69,70)/t34-/m0/s1. The lowest BCUT2D eigenvalue weighted by Crippen LogP contribution is -2.51. The molecule has 5 aromatic rings. The number of benzene rings is 5. The summed E-state index contributed by atoms with van der Waals surface area (Å²) in [6, 6.07) is 27.4. The van der Waals surface area contributed by atoms with Crippen LogP contribution in [0.25, 0.3) is 55.4 Å². The summed E-state index contributed by atoms with van der Waals surface area (Å²) in [5.74, 6) is -5.92. The summed E-state index contributed by atoms with van der Waals surface area (Å²) in [5, 5.41) is 35.7. The minimum absolute atomic E-state index is 0.101. The van der Waals surface area contributed by atoms with Gasteiger partial charge in [0.1, 0.15) is 28.9 Å². The maximum absolute atomic E-state index is 13.9. The first-order valence-corrected chi connectivity index (χ1v) is 23.0. The van der Waals surface area contributed by atoms with Crippen molar-refractivity contribution in [2.45, 2.75) is 24.8 Å². The molecule has 17 nitrogen and oxygen atoms in total. The first kappa shape index (κ1) is 48.3. The Balaban J connectivity index is 0.741. The van der Waals surface area contributed by atoms with Gasteiger partial charge in [-0.15, -0.1) is 0 Å². The number of aromatic hydroxyl groups is 1. The summed E-state index contributed by atoms with van der Waals surface area (Å²) in [5.41, 5.74) is 3.27. The zero-order valence-electron chi connectivity index (χ0n) is 38.4. The topological polar surface area (TPSA) is 236 Å². The SMILES string of the molecule is N#C[C@@H]1CC(F)(F)CN1C(=O)CNC(=O)c1ccnc2ccc(-c3ccc(OCCCN4CCN(C(=O)CNC(=O)c5ccc(C(=O)O)c(-c6c7ccc(=O)cc-7oc7cc(O)ccc67)c5)CC4)cc3)cc12. The first-order valence-electron chi connectivity index (χ1n) is 23.0. The monoisotopic (exact) mass is 977 g/mol. The van der Waals surface area contributed by atoms with Gasteiger partial charge in [-0.3, -0.25) is 33.9 Å². The minimum atomic E-state index is -3.17. The largest absolute Gasteiger partial charge is 0.508 e. The van der Waals surface area contributed by atoms with Crippen LogP contribution in [0.1, 0.15) is 43.9 Å². The Morgan fingerprint density at radius 2 is 1.56 bits per heavy atom. The third kappa shape index (κ3) is 10.4. The molecular weight excluding hydrogens is 933 g/mol. The Labute approximate surface area is 409 Å². The molecule has 1 aliphatic carbocycles. The number of alkyl halides is 2. The lowest BCUT2D eigenvalue weighted by Gasteiger charge is -2.34. The maximum Gasteiger partial charge on any atom is 0.336 e. The van der Waals surface area contributed by atoms with Gasteiger partial charge >= 0.3 is 5.97 Å². The summed E-state index contributed by atoms with van der Waals surface area (Å²) in [7, 11) is 0. The Hall–Kier alpha value is -8.76. The summed E-state index contributed by atoms with van der Waals surface area (Å²) >= 11 is 0. The highest BCUT2D eigenvalue weighted by atomic mass is 19.3. The van der Waals surface area contributed by atoms with E-state index < -0.39 is 55.2 Å². The van der Waals surface area contributed by atoms with Crippen molar-refractivity contribution in [1.82, 2.24) is 30.3 Å². The van der Waals surface area contributed by atoms with Crippen molar-refractivity contribution in [3.05, 3.63) is 136 Å². The van der Waals surface area contributed by atoms with E-state index in [1.165, 1.54) is 60.8 Å². The fourth-order valence-electron chi connectivity index (χ4n) is 9.11. The molecule has 9 rings (SSSR count). The average molecular weight is 978 g/mol. The number of carbonyl (C=O) groups is 5. The molecule has 4 aliphatic rings. The molecule has 1 atom stereocenters. The average Bonchev–Trinajstić information content (AvgIpc) is 3.71. The van der Waals surface area contributed by atoms with Crippen LogP contribution in [0.15, 0.2) is 119 Å². The van der Waals surface area contributed by atoms with Gasteiger partial charge in [-0.2, -0.15) is 5.26 Å². The Morgan fingerprint density at radius 1 is 0.806 bits per heavy atom. The van der Waals surface area contributed by atoms with Crippen LogP contribution >= 0.6 is 0 Å². The molecule has 0 radical (unpaired) electrons. The van der Waals surface area contributed by atoms with Crippen LogP contribution in [0.4, 0.5) is 8.78 Å². The minimum Gasteiger partial charge on any atom is -0.508 e. The number of hydrogen-bond acceptors (Lipinski definition) is 12. The number of amides is 4. The van der Waals surface area contributed by atoms with E-state index >= 15 is 0 Å². The Bertz CT molecular complexity index is 3350. The normalized spacial score (nSPS) is 15.6. The third-order valence-electron chi connectivity index (χ3n) is 12.8. The van der Waals surface area contributed by atoms with Crippen LogP contribution in [0.2, 0.25) is 0 Å². The van der Waals surface area contributed by atoms with Crippen LogP contribution in [0, 0.1) is 11.3 Å². The number of rotatable bonds is 14. The molecule has 4 heterocycles. The number of aromatic carboxylic acids is 1. The number of hydrogen-bond donors (Lipinski definition) is 4. The van der Waals surface area contributed by atoms with Crippen LogP contribution < -0.4 is 20.8 Å². The number of halogens is 2. The van der Waals surface area contributed by atoms with Crippen molar-refractivity contribution in [3.8, 4) is 51.1 Å². The van der Waals surface area contributed by atoms with Gasteiger partial charge in [-0.1, -0.05) is 18.2 Å². The fraction of sp³-hybridized carbons (Fsp3) is 0.245. The summed E-state index contributed by atoms with van der Waals surface area (Å²) in [4.78, 5) is 86.4. The van der Waals surface area contributed by atoms with E-state index in [1.54, 1.807) is 29.2 Å². The van der Waals surface area contributed by atoms with Crippen molar-refractivity contribution < 1.29 is 52.1 Å². The van der Waals surface area contributed by atoms with E-state index in [-0.39, 0.29) is 57.2 Å². The van der Waals surface area contributed by atoms with E-state index in [1.807, 2.05) is 30.3 Å². The molecule has 72 heavy (non-hydrogen) atoms. The molecule has 2 fully saturated rings. The van der Waals surface area contributed by atoms with Crippen molar-refractivity contribution >= 4 is 51.5 Å². The molecule has 1 aromatic heterocycles. The van der Waals surface area contributed by atoms with Gasteiger partial charge < -0.3 is 39.8 Å². The highest BCUT2D eigenvalue weighted by molar-refractivity contribution is 6.10. The van der Waals surface area contributed by atoms with Gasteiger partial charge in [0, 0.05) is 84.9 Å². The number of piperazine rings is 1. The lowest BCUT2D eigenvalue weighted by atomic mass is 9.89. The second-order valence-corrected chi connectivity index (χ2v) is 17.5. The van der Waals surface area contributed by atoms with Crippen LogP contribution in [-0.2, 0) is 9.59 Å². The van der Waals surface area contributed by atoms with E-state index in [0.29, 0.717) is 66.0 Å². The van der Waals surface area contributed by atoms with E-state index in [9.17, 15) is 53.0 Å². The number of nitriles is 1. The molecule has 0 bridgehead atoms. The quantitative estimate of drug-likeness (QED) is 0.0722. The van der Waals surface area contributed by atoms with Crippen LogP contribution in [0.3, 0.4) is 0 Å². The molecule has 0 saturated carbocycles. The van der Waals surface area contributed by atoms with Gasteiger partial charge in [0.15, 0.2) is 5.43 Å². The van der Waals surface area contributed by atoms with Gasteiger partial charge in [0.25, 0.3) is 17.7 Å². The number of nitrogens with zero attached hydrogens (tertiary/aromatic N) is 5. The van der Waals surface area contributed by atoms with Crippen molar-refractivity contribution in [3.63, 3.8) is 0 Å². The molecule has 2 saturated heterocycles. The van der Waals surface area contributed by atoms with Gasteiger partial charge in [0.2, 0.25) is 11.8 Å². The third-order valence-corrected chi connectivity index (χ3v) is 12.8. The Morgan fingerprint density at radius 3 is 2.32 bits per heavy atom.